The second-order valence-corrected chi connectivity index (χ2v) is 5.10. The lowest BCUT2D eigenvalue weighted by atomic mass is 10.2. The van der Waals surface area contributed by atoms with E-state index in [1.165, 1.54) is 0 Å². The average Bonchev–Trinajstić information content (AvgIpc) is 3.04. The molecule has 0 atom stereocenters. The Labute approximate surface area is 132 Å². The predicted octanol–water partition coefficient (Wildman–Crippen LogP) is 3.49. The van der Waals surface area contributed by atoms with E-state index in [4.69, 9.17) is 21.1 Å². The molecule has 0 aliphatic carbocycles. The number of hydrogen-bond donors (Lipinski definition) is 2. The van der Waals surface area contributed by atoms with E-state index in [9.17, 15) is 0 Å². The molecule has 1 heterocycles. The summed E-state index contributed by atoms with van der Waals surface area (Å²) < 4.78 is 5.61. The lowest BCUT2D eigenvalue weighted by Gasteiger charge is -2.07. The Balaban J connectivity index is 1.71. The maximum atomic E-state index is 9.16. The molecule has 112 valence electrons. The van der Waals surface area contributed by atoms with E-state index in [2.05, 4.69) is 15.5 Å². The molecular formula is C16H14ClN3O2. The highest BCUT2D eigenvalue weighted by atomic mass is 35.5. The number of hydrogen-bond acceptors (Lipinski definition) is 5. The van der Waals surface area contributed by atoms with E-state index in [1.54, 1.807) is 18.2 Å². The summed E-state index contributed by atoms with van der Waals surface area (Å²) in [4.78, 5) is 0. The zero-order valence-corrected chi connectivity index (χ0v) is 12.4. The van der Waals surface area contributed by atoms with Gasteiger partial charge in [0.05, 0.1) is 23.9 Å². The van der Waals surface area contributed by atoms with Gasteiger partial charge in [0.2, 0.25) is 11.8 Å². The van der Waals surface area contributed by atoms with Crippen molar-refractivity contribution in [3.05, 3.63) is 65.0 Å². The number of anilines is 1. The Morgan fingerprint density at radius 3 is 2.68 bits per heavy atom. The second-order valence-electron chi connectivity index (χ2n) is 4.69. The van der Waals surface area contributed by atoms with Gasteiger partial charge in [-0.25, -0.2) is 0 Å². The van der Waals surface area contributed by atoms with Gasteiger partial charge < -0.3 is 14.8 Å². The number of aromatic nitrogens is 2. The summed E-state index contributed by atoms with van der Waals surface area (Å²) in [6.45, 7) is 0.318. The molecule has 3 rings (SSSR count). The molecule has 0 aliphatic heterocycles. The molecule has 5 nitrogen and oxygen atoms in total. The van der Waals surface area contributed by atoms with Crippen LogP contribution in [-0.4, -0.2) is 15.3 Å². The van der Waals surface area contributed by atoms with Gasteiger partial charge in [-0.15, -0.1) is 10.2 Å². The monoisotopic (exact) mass is 315 g/mol. The highest BCUT2D eigenvalue weighted by Crippen LogP contribution is 2.24. The zero-order valence-electron chi connectivity index (χ0n) is 11.7. The van der Waals surface area contributed by atoms with Crippen LogP contribution in [0.5, 0.6) is 0 Å². The Morgan fingerprint density at radius 2 is 1.91 bits per heavy atom. The maximum Gasteiger partial charge on any atom is 0.247 e. The van der Waals surface area contributed by atoms with Crippen LogP contribution in [0.4, 0.5) is 5.69 Å². The SMILES string of the molecule is OCc1ccc(Cl)c(NCc2nnc(-c3ccccc3)o2)c1. The molecule has 2 N–H and O–H groups in total. The number of benzene rings is 2. The minimum Gasteiger partial charge on any atom is -0.419 e. The third-order valence-corrected chi connectivity index (χ3v) is 3.46. The van der Waals surface area contributed by atoms with E-state index in [0.717, 1.165) is 11.1 Å². The van der Waals surface area contributed by atoms with Gasteiger partial charge in [0, 0.05) is 5.56 Å². The first kappa shape index (κ1) is 14.6. The van der Waals surface area contributed by atoms with Gasteiger partial charge in [-0.3, -0.25) is 0 Å². The van der Waals surface area contributed by atoms with Crippen molar-refractivity contribution >= 4 is 17.3 Å². The number of nitrogens with one attached hydrogen (secondary N) is 1. The summed E-state index contributed by atoms with van der Waals surface area (Å²) in [5, 5.41) is 20.9. The van der Waals surface area contributed by atoms with Crippen molar-refractivity contribution < 1.29 is 9.52 Å². The normalized spacial score (nSPS) is 10.6. The van der Waals surface area contributed by atoms with Crippen molar-refractivity contribution in [3.8, 4) is 11.5 Å². The van der Waals surface area contributed by atoms with Crippen molar-refractivity contribution in [2.24, 2.45) is 0 Å². The predicted molar refractivity (Wildman–Crippen MR) is 84.4 cm³/mol. The van der Waals surface area contributed by atoms with Gasteiger partial charge in [0.25, 0.3) is 0 Å². The summed E-state index contributed by atoms with van der Waals surface area (Å²) in [6.07, 6.45) is 0. The van der Waals surface area contributed by atoms with E-state index < -0.39 is 0 Å². The van der Waals surface area contributed by atoms with Crippen LogP contribution in [-0.2, 0) is 13.2 Å². The molecule has 0 saturated heterocycles. The molecule has 22 heavy (non-hydrogen) atoms. The number of nitrogens with zero attached hydrogens (tertiary/aromatic N) is 2. The fraction of sp³-hybridized carbons (Fsp3) is 0.125. The minimum atomic E-state index is -0.0371. The number of aliphatic hydroxyl groups excluding tert-OH is 1. The topological polar surface area (TPSA) is 71.2 Å². The van der Waals surface area contributed by atoms with Gasteiger partial charge in [-0.1, -0.05) is 35.9 Å². The Hall–Kier alpha value is -2.37. The third kappa shape index (κ3) is 3.27. The smallest absolute Gasteiger partial charge is 0.247 e. The molecule has 2 aromatic carbocycles. The molecule has 3 aromatic rings. The highest BCUT2D eigenvalue weighted by Gasteiger charge is 2.09. The van der Waals surface area contributed by atoms with Crippen molar-refractivity contribution in [1.29, 1.82) is 0 Å². The molecule has 6 heteroatoms. The lowest BCUT2D eigenvalue weighted by Crippen LogP contribution is -2.01. The molecule has 0 saturated carbocycles. The molecule has 0 fully saturated rings. The van der Waals surface area contributed by atoms with Crippen molar-refractivity contribution in [1.82, 2.24) is 10.2 Å². The molecule has 1 aromatic heterocycles. The number of rotatable bonds is 5. The Bertz CT molecular complexity index is 759. The molecular weight excluding hydrogens is 302 g/mol. The minimum absolute atomic E-state index is 0.0371. The molecule has 0 unspecified atom stereocenters. The Kier molecular flexibility index (Phi) is 4.37. The molecule has 0 spiro atoms. The van der Waals surface area contributed by atoms with Crippen LogP contribution in [0.3, 0.4) is 0 Å². The summed E-state index contributed by atoms with van der Waals surface area (Å²) in [5.74, 6) is 0.942. The number of halogens is 1. The first-order valence-corrected chi connectivity index (χ1v) is 7.15. The third-order valence-electron chi connectivity index (χ3n) is 3.13. The van der Waals surface area contributed by atoms with Crippen LogP contribution in [0.25, 0.3) is 11.5 Å². The molecule has 0 aliphatic rings. The van der Waals surface area contributed by atoms with E-state index in [-0.39, 0.29) is 6.61 Å². The lowest BCUT2D eigenvalue weighted by molar-refractivity contribution is 0.282. The Morgan fingerprint density at radius 1 is 1.09 bits per heavy atom. The van der Waals surface area contributed by atoms with Crippen LogP contribution in [0.2, 0.25) is 5.02 Å². The summed E-state index contributed by atoms with van der Waals surface area (Å²) >= 11 is 6.11. The van der Waals surface area contributed by atoms with Crippen molar-refractivity contribution in [2.75, 3.05) is 5.32 Å². The van der Waals surface area contributed by atoms with Gasteiger partial charge in [-0.2, -0.15) is 0 Å². The molecule has 0 amide bonds. The summed E-state index contributed by atoms with van der Waals surface area (Å²) in [5.41, 5.74) is 2.37. The van der Waals surface area contributed by atoms with Crippen LogP contribution in [0.15, 0.2) is 52.9 Å². The largest absolute Gasteiger partial charge is 0.419 e. The molecule has 0 radical (unpaired) electrons. The van der Waals surface area contributed by atoms with Gasteiger partial charge in [0.15, 0.2) is 0 Å². The van der Waals surface area contributed by atoms with Crippen LogP contribution in [0.1, 0.15) is 11.5 Å². The van der Waals surface area contributed by atoms with Gasteiger partial charge >= 0.3 is 0 Å². The average molecular weight is 316 g/mol. The quantitative estimate of drug-likeness (QED) is 0.754. The zero-order chi connectivity index (χ0) is 15.4. The fourth-order valence-electron chi connectivity index (χ4n) is 2.00. The summed E-state index contributed by atoms with van der Waals surface area (Å²) in [7, 11) is 0. The van der Waals surface area contributed by atoms with E-state index >= 15 is 0 Å². The highest BCUT2D eigenvalue weighted by molar-refractivity contribution is 6.33. The number of aliphatic hydroxyl groups is 1. The second kappa shape index (κ2) is 6.60. The standard InChI is InChI=1S/C16H14ClN3O2/c17-13-7-6-11(10-21)8-14(13)18-9-15-19-20-16(22-15)12-4-2-1-3-5-12/h1-8,18,21H,9-10H2. The summed E-state index contributed by atoms with van der Waals surface area (Å²) in [6, 6.07) is 14.9. The van der Waals surface area contributed by atoms with Crippen LogP contribution in [0, 0.1) is 0 Å². The van der Waals surface area contributed by atoms with Crippen molar-refractivity contribution in [2.45, 2.75) is 13.2 Å². The fourth-order valence-corrected chi connectivity index (χ4v) is 2.18. The van der Waals surface area contributed by atoms with Gasteiger partial charge in [-0.05, 0) is 29.8 Å². The molecule has 0 bridgehead atoms. The van der Waals surface area contributed by atoms with Crippen molar-refractivity contribution in [3.63, 3.8) is 0 Å². The van der Waals surface area contributed by atoms with E-state index in [1.807, 2.05) is 30.3 Å². The first-order valence-electron chi connectivity index (χ1n) is 6.77. The van der Waals surface area contributed by atoms with Gasteiger partial charge in [0.1, 0.15) is 0 Å². The van der Waals surface area contributed by atoms with Crippen LogP contribution < -0.4 is 5.32 Å². The first-order chi connectivity index (χ1) is 10.8. The maximum absolute atomic E-state index is 9.16. The van der Waals surface area contributed by atoms with E-state index in [0.29, 0.717) is 29.0 Å². The van der Waals surface area contributed by atoms with Crippen LogP contribution >= 0.6 is 11.6 Å².